The number of halogens is 2. The lowest BCUT2D eigenvalue weighted by Gasteiger charge is -1.96. The van der Waals surface area contributed by atoms with Gasteiger partial charge in [0.2, 0.25) is 0 Å². The zero-order valence-corrected chi connectivity index (χ0v) is 10.5. The summed E-state index contributed by atoms with van der Waals surface area (Å²) in [5.74, 6) is -0.858. The number of aliphatic carboxylic acids is 1. The third kappa shape index (κ3) is 2.80. The number of carboxylic acid groups (broad SMARTS) is 1. The molecule has 13 heavy (non-hydrogen) atoms. The molecule has 0 aliphatic carbocycles. The predicted molar refractivity (Wildman–Crippen MR) is 57.3 cm³/mol. The van der Waals surface area contributed by atoms with Crippen molar-refractivity contribution in [2.45, 2.75) is 13.3 Å². The third-order valence-electron chi connectivity index (χ3n) is 1.74. The van der Waals surface area contributed by atoms with Gasteiger partial charge in [0.25, 0.3) is 0 Å². The molecule has 0 aliphatic rings. The zero-order valence-electron chi connectivity index (χ0n) is 7.24. The van der Waals surface area contributed by atoms with E-state index in [0.717, 1.165) is 5.69 Å². The summed E-state index contributed by atoms with van der Waals surface area (Å²) in [6.45, 7) is 1.84. The van der Waals surface area contributed by atoms with Crippen molar-refractivity contribution < 1.29 is 9.90 Å². The van der Waals surface area contributed by atoms with Crippen molar-refractivity contribution in [2.24, 2.45) is 7.05 Å². The lowest BCUT2D eigenvalue weighted by molar-refractivity contribution is -0.136. The second-order valence-electron chi connectivity index (χ2n) is 2.54. The van der Waals surface area contributed by atoms with E-state index in [1.54, 1.807) is 4.57 Å². The van der Waals surface area contributed by atoms with Crippen LogP contribution < -0.4 is 0 Å². The first kappa shape index (κ1) is 12.6. The van der Waals surface area contributed by atoms with E-state index >= 15 is 0 Å². The smallest absolute Gasteiger partial charge is 0.309 e. The highest BCUT2D eigenvalue weighted by Gasteiger charge is 2.11. The first-order chi connectivity index (χ1) is 5.52. The molecule has 6 heteroatoms. The molecule has 0 aliphatic heterocycles. The normalized spacial score (nSPS) is 9.46. The molecule has 1 aromatic rings. The average molecular weight is 314 g/mol. The van der Waals surface area contributed by atoms with Gasteiger partial charge in [-0.25, -0.2) is 4.98 Å². The minimum Gasteiger partial charge on any atom is -0.481 e. The van der Waals surface area contributed by atoms with Crippen molar-refractivity contribution in [3.8, 4) is 0 Å². The van der Waals surface area contributed by atoms with Gasteiger partial charge in [-0.3, -0.25) is 4.79 Å². The molecule has 1 heterocycles. The summed E-state index contributed by atoms with van der Waals surface area (Å²) in [5, 5.41) is 8.53. The number of rotatable bonds is 2. The summed E-state index contributed by atoms with van der Waals surface area (Å²) >= 11 is 3.22. The molecule has 1 rings (SSSR count). The molecule has 74 valence electrons. The molecule has 0 bridgehead atoms. The van der Waals surface area contributed by atoms with Crippen LogP contribution >= 0.6 is 32.9 Å². The Kier molecular flexibility index (Phi) is 4.63. The number of carboxylic acids is 1. The molecule has 0 unspecified atom stereocenters. The van der Waals surface area contributed by atoms with Gasteiger partial charge in [0, 0.05) is 12.7 Å². The first-order valence-corrected chi connectivity index (χ1v) is 4.21. The Bertz CT molecular complexity index is 323. The Morgan fingerprint density at radius 3 is 2.54 bits per heavy atom. The van der Waals surface area contributed by atoms with E-state index in [9.17, 15) is 4.79 Å². The van der Waals surface area contributed by atoms with E-state index in [2.05, 4.69) is 20.9 Å². The van der Waals surface area contributed by atoms with E-state index in [0.29, 0.717) is 10.4 Å². The van der Waals surface area contributed by atoms with E-state index in [1.807, 2.05) is 14.0 Å². The van der Waals surface area contributed by atoms with Gasteiger partial charge < -0.3 is 9.67 Å². The van der Waals surface area contributed by atoms with Gasteiger partial charge in [0.15, 0.2) is 4.73 Å². The Morgan fingerprint density at radius 2 is 2.23 bits per heavy atom. The number of aromatic nitrogens is 2. The summed E-state index contributed by atoms with van der Waals surface area (Å²) < 4.78 is 2.47. The molecule has 0 aromatic carbocycles. The molecule has 0 saturated heterocycles. The molecule has 1 N–H and O–H groups in total. The summed E-state index contributed by atoms with van der Waals surface area (Å²) in [7, 11) is 1.83. The molecule has 4 nitrogen and oxygen atoms in total. The largest absolute Gasteiger partial charge is 0.481 e. The van der Waals surface area contributed by atoms with Gasteiger partial charge >= 0.3 is 5.97 Å². The fraction of sp³-hybridized carbons (Fsp3) is 0.429. The van der Waals surface area contributed by atoms with Crippen molar-refractivity contribution in [3.05, 3.63) is 16.1 Å². The Labute approximate surface area is 94.9 Å². The molecule has 0 fully saturated rings. The molecule has 0 spiro atoms. The lowest BCUT2D eigenvalue weighted by atomic mass is 10.2. The van der Waals surface area contributed by atoms with Gasteiger partial charge in [0.1, 0.15) is 0 Å². The Balaban J connectivity index is 0.00000144. The number of nitrogens with zero attached hydrogens (tertiary/aromatic N) is 2. The third-order valence-corrected chi connectivity index (χ3v) is 2.45. The van der Waals surface area contributed by atoms with Crippen molar-refractivity contribution in [3.63, 3.8) is 0 Å². The van der Waals surface area contributed by atoms with Crippen LogP contribution in [-0.4, -0.2) is 20.6 Å². The maximum absolute atomic E-state index is 10.4. The van der Waals surface area contributed by atoms with Crippen LogP contribution in [0.2, 0.25) is 0 Å². The molecule has 1 aromatic heterocycles. The lowest BCUT2D eigenvalue weighted by Crippen LogP contribution is -2.02. The van der Waals surface area contributed by atoms with Gasteiger partial charge in [-0.15, -0.1) is 17.0 Å². The summed E-state index contributed by atoms with van der Waals surface area (Å²) in [6.07, 6.45) is -0.0225. The van der Waals surface area contributed by atoms with Crippen molar-refractivity contribution in [1.82, 2.24) is 9.55 Å². The van der Waals surface area contributed by atoms with Crippen LogP contribution in [0.3, 0.4) is 0 Å². The number of carbonyl (C=O) groups is 1. The van der Waals surface area contributed by atoms with Crippen LogP contribution in [0.4, 0.5) is 0 Å². The van der Waals surface area contributed by atoms with Crippen molar-refractivity contribution in [1.29, 1.82) is 0 Å². The quantitative estimate of drug-likeness (QED) is 0.904. The minimum atomic E-state index is -0.858. The summed E-state index contributed by atoms with van der Waals surface area (Å²) in [4.78, 5) is 14.4. The highest BCUT2D eigenvalue weighted by molar-refractivity contribution is 9.10. The van der Waals surface area contributed by atoms with Crippen LogP contribution in [0.5, 0.6) is 0 Å². The fourth-order valence-corrected chi connectivity index (χ4v) is 1.39. The predicted octanol–water partition coefficient (Wildman–Crippen LogP) is 1.70. The van der Waals surface area contributed by atoms with Gasteiger partial charge in [-0.2, -0.15) is 0 Å². The van der Waals surface area contributed by atoms with Crippen LogP contribution in [-0.2, 0) is 18.3 Å². The highest BCUT2D eigenvalue weighted by Crippen LogP contribution is 2.14. The second-order valence-corrected chi connectivity index (χ2v) is 3.25. The maximum Gasteiger partial charge on any atom is 0.309 e. The SMILES string of the molecule is Br.Cc1c(CC(=O)O)nc(Br)n1C. The second kappa shape index (κ2) is 4.76. The van der Waals surface area contributed by atoms with Gasteiger partial charge in [-0.05, 0) is 22.9 Å². The number of imidazole rings is 1. The number of hydrogen-bond donors (Lipinski definition) is 1. The van der Waals surface area contributed by atoms with Gasteiger partial charge in [-0.1, -0.05) is 0 Å². The molecule has 0 atom stereocenters. The highest BCUT2D eigenvalue weighted by atomic mass is 79.9. The van der Waals surface area contributed by atoms with E-state index in [1.165, 1.54) is 0 Å². The summed E-state index contributed by atoms with van der Waals surface area (Å²) in [5.41, 5.74) is 1.49. The molecular formula is C7H10Br2N2O2. The fourth-order valence-electron chi connectivity index (χ4n) is 0.910. The standard InChI is InChI=1S/C7H9BrN2O2.BrH/c1-4-5(3-6(11)12)9-7(8)10(4)2;/h3H2,1-2H3,(H,11,12);1H. The molecular weight excluding hydrogens is 304 g/mol. The van der Waals surface area contributed by atoms with Crippen LogP contribution in [0.15, 0.2) is 4.73 Å². The monoisotopic (exact) mass is 312 g/mol. The topological polar surface area (TPSA) is 55.1 Å². The molecule has 0 saturated carbocycles. The average Bonchev–Trinajstić information content (AvgIpc) is 2.17. The Hall–Kier alpha value is -0.360. The maximum atomic E-state index is 10.4. The van der Waals surface area contributed by atoms with E-state index in [4.69, 9.17) is 5.11 Å². The summed E-state index contributed by atoms with van der Waals surface area (Å²) in [6, 6.07) is 0. The molecule has 0 amide bonds. The van der Waals surface area contributed by atoms with Crippen LogP contribution in [0, 0.1) is 6.92 Å². The van der Waals surface area contributed by atoms with Gasteiger partial charge in [0.05, 0.1) is 12.1 Å². The van der Waals surface area contributed by atoms with Crippen LogP contribution in [0.25, 0.3) is 0 Å². The van der Waals surface area contributed by atoms with E-state index in [-0.39, 0.29) is 23.4 Å². The van der Waals surface area contributed by atoms with Crippen molar-refractivity contribution >= 4 is 38.9 Å². The van der Waals surface area contributed by atoms with Crippen molar-refractivity contribution in [2.75, 3.05) is 0 Å². The van der Waals surface area contributed by atoms with E-state index < -0.39 is 5.97 Å². The molecule has 0 radical (unpaired) electrons. The zero-order chi connectivity index (χ0) is 9.30. The Morgan fingerprint density at radius 1 is 1.69 bits per heavy atom. The minimum absolute atomic E-state index is 0. The first-order valence-electron chi connectivity index (χ1n) is 3.42. The van der Waals surface area contributed by atoms with Crippen LogP contribution in [0.1, 0.15) is 11.4 Å². The number of hydrogen-bond acceptors (Lipinski definition) is 2.